The maximum atomic E-state index is 6.18. The van der Waals surface area contributed by atoms with Crippen molar-refractivity contribution >= 4 is 5.96 Å². The third kappa shape index (κ3) is 3.80. The van der Waals surface area contributed by atoms with Crippen molar-refractivity contribution in [1.29, 1.82) is 0 Å². The van der Waals surface area contributed by atoms with Crippen LogP contribution in [-0.2, 0) is 4.74 Å². The monoisotopic (exact) mass is 301 g/mol. The summed E-state index contributed by atoms with van der Waals surface area (Å²) in [5.74, 6) is 1.15. The fourth-order valence-corrected chi connectivity index (χ4v) is 3.48. The van der Waals surface area contributed by atoms with Gasteiger partial charge in [0, 0.05) is 32.2 Å². The van der Waals surface area contributed by atoms with Crippen molar-refractivity contribution in [2.45, 2.75) is 38.2 Å². The standard InChI is InChI=1S/C18H27N3O/c19-18(21-11-5-2-6-12-21)20-14-16-10-7-13-22-17(16)15-8-3-1-4-9-15/h1,3-4,8-9,16-17H,2,5-7,10-14H2,(H2,19,20). The summed E-state index contributed by atoms with van der Waals surface area (Å²) in [4.78, 5) is 6.91. The molecule has 2 heterocycles. The fourth-order valence-electron chi connectivity index (χ4n) is 3.48. The molecule has 2 saturated heterocycles. The number of benzene rings is 1. The first kappa shape index (κ1) is 15.3. The van der Waals surface area contributed by atoms with Crippen molar-refractivity contribution in [1.82, 2.24) is 4.90 Å². The maximum absolute atomic E-state index is 6.18. The van der Waals surface area contributed by atoms with Crippen LogP contribution in [0.3, 0.4) is 0 Å². The van der Waals surface area contributed by atoms with Gasteiger partial charge in [0.2, 0.25) is 0 Å². The number of hydrogen-bond acceptors (Lipinski definition) is 2. The lowest BCUT2D eigenvalue weighted by Gasteiger charge is -2.32. The second kappa shape index (κ2) is 7.63. The summed E-state index contributed by atoms with van der Waals surface area (Å²) in [7, 11) is 0. The van der Waals surface area contributed by atoms with E-state index in [0.717, 1.165) is 45.0 Å². The Morgan fingerprint density at radius 1 is 1.14 bits per heavy atom. The molecule has 0 bridgehead atoms. The van der Waals surface area contributed by atoms with E-state index in [2.05, 4.69) is 34.2 Å². The SMILES string of the molecule is NC(=NCC1CCCOC1c1ccccc1)N1CCCCC1. The van der Waals surface area contributed by atoms with Crippen LogP contribution < -0.4 is 5.73 Å². The van der Waals surface area contributed by atoms with E-state index < -0.39 is 0 Å². The van der Waals surface area contributed by atoms with Crippen LogP contribution >= 0.6 is 0 Å². The number of ether oxygens (including phenoxy) is 1. The molecule has 2 unspecified atom stereocenters. The van der Waals surface area contributed by atoms with E-state index in [-0.39, 0.29) is 6.10 Å². The van der Waals surface area contributed by atoms with Crippen molar-refractivity contribution in [2.75, 3.05) is 26.2 Å². The lowest BCUT2D eigenvalue weighted by molar-refractivity contribution is -0.0250. The van der Waals surface area contributed by atoms with Crippen molar-refractivity contribution < 1.29 is 4.74 Å². The largest absolute Gasteiger partial charge is 0.373 e. The molecule has 0 aromatic heterocycles. The minimum atomic E-state index is 0.160. The molecule has 0 aliphatic carbocycles. The van der Waals surface area contributed by atoms with E-state index >= 15 is 0 Å². The van der Waals surface area contributed by atoms with E-state index in [0.29, 0.717) is 5.92 Å². The highest BCUT2D eigenvalue weighted by Crippen LogP contribution is 2.33. The first-order valence-electron chi connectivity index (χ1n) is 8.56. The van der Waals surface area contributed by atoms with Crippen molar-refractivity contribution in [3.63, 3.8) is 0 Å². The van der Waals surface area contributed by atoms with Gasteiger partial charge in [-0.15, -0.1) is 0 Å². The van der Waals surface area contributed by atoms with Gasteiger partial charge in [0.1, 0.15) is 0 Å². The number of aliphatic imine (C=N–C) groups is 1. The molecule has 4 nitrogen and oxygen atoms in total. The first-order chi connectivity index (χ1) is 10.8. The van der Waals surface area contributed by atoms with Gasteiger partial charge in [-0.05, 0) is 37.7 Å². The molecule has 120 valence electrons. The van der Waals surface area contributed by atoms with Gasteiger partial charge in [0.25, 0.3) is 0 Å². The Hall–Kier alpha value is -1.55. The lowest BCUT2D eigenvalue weighted by atomic mass is 9.89. The number of likely N-dealkylation sites (tertiary alicyclic amines) is 1. The Morgan fingerprint density at radius 2 is 1.91 bits per heavy atom. The van der Waals surface area contributed by atoms with Gasteiger partial charge >= 0.3 is 0 Å². The summed E-state index contributed by atoms with van der Waals surface area (Å²) >= 11 is 0. The van der Waals surface area contributed by atoms with Gasteiger partial charge in [-0.25, -0.2) is 0 Å². The zero-order valence-electron chi connectivity index (χ0n) is 13.3. The molecule has 1 aromatic rings. The number of nitrogens with two attached hydrogens (primary N) is 1. The van der Waals surface area contributed by atoms with Crippen LogP contribution in [0.2, 0.25) is 0 Å². The van der Waals surface area contributed by atoms with Gasteiger partial charge in [0.15, 0.2) is 5.96 Å². The highest BCUT2D eigenvalue weighted by molar-refractivity contribution is 5.78. The van der Waals surface area contributed by atoms with Crippen LogP contribution in [0, 0.1) is 5.92 Å². The van der Waals surface area contributed by atoms with Crippen LogP contribution in [0.25, 0.3) is 0 Å². The van der Waals surface area contributed by atoms with Crippen LogP contribution in [0.4, 0.5) is 0 Å². The van der Waals surface area contributed by atoms with Crippen molar-refractivity contribution in [3.05, 3.63) is 35.9 Å². The van der Waals surface area contributed by atoms with Crippen molar-refractivity contribution in [3.8, 4) is 0 Å². The zero-order chi connectivity index (χ0) is 15.2. The van der Waals surface area contributed by atoms with Gasteiger partial charge in [-0.1, -0.05) is 30.3 Å². The molecule has 2 aliphatic heterocycles. The summed E-state index contributed by atoms with van der Waals surface area (Å²) in [6, 6.07) is 10.5. The molecule has 2 fully saturated rings. The first-order valence-corrected chi connectivity index (χ1v) is 8.56. The summed E-state index contributed by atoms with van der Waals surface area (Å²) < 4.78 is 6.03. The second-order valence-corrected chi connectivity index (χ2v) is 6.35. The van der Waals surface area contributed by atoms with Gasteiger partial charge < -0.3 is 15.4 Å². The fraction of sp³-hybridized carbons (Fsp3) is 0.611. The molecule has 0 amide bonds. The lowest BCUT2D eigenvalue weighted by Crippen LogP contribution is -2.41. The normalized spacial score (nSPS) is 26.9. The molecule has 3 rings (SSSR count). The molecule has 0 radical (unpaired) electrons. The van der Waals surface area contributed by atoms with Gasteiger partial charge in [-0.2, -0.15) is 0 Å². The summed E-state index contributed by atoms with van der Waals surface area (Å²) in [6.45, 7) is 3.72. The number of rotatable bonds is 3. The third-order valence-electron chi connectivity index (χ3n) is 4.74. The molecule has 2 aliphatic rings. The highest BCUT2D eigenvalue weighted by atomic mass is 16.5. The molecule has 0 spiro atoms. The zero-order valence-corrected chi connectivity index (χ0v) is 13.3. The Kier molecular flexibility index (Phi) is 5.33. The second-order valence-electron chi connectivity index (χ2n) is 6.35. The molecule has 22 heavy (non-hydrogen) atoms. The molecular weight excluding hydrogens is 274 g/mol. The Morgan fingerprint density at radius 3 is 2.68 bits per heavy atom. The van der Waals surface area contributed by atoms with Crippen LogP contribution in [0.15, 0.2) is 35.3 Å². The average Bonchev–Trinajstić information content (AvgIpc) is 2.61. The van der Waals surface area contributed by atoms with Gasteiger partial charge in [0.05, 0.1) is 6.10 Å². The number of piperidine rings is 1. The quantitative estimate of drug-likeness (QED) is 0.690. The minimum Gasteiger partial charge on any atom is -0.373 e. The highest BCUT2D eigenvalue weighted by Gasteiger charge is 2.27. The minimum absolute atomic E-state index is 0.160. The molecule has 1 aromatic carbocycles. The van der Waals surface area contributed by atoms with E-state index in [1.807, 2.05) is 6.07 Å². The van der Waals surface area contributed by atoms with Gasteiger partial charge in [-0.3, -0.25) is 4.99 Å². The predicted octanol–water partition coefficient (Wildman–Crippen LogP) is 2.95. The summed E-state index contributed by atoms with van der Waals surface area (Å²) in [5.41, 5.74) is 7.45. The average molecular weight is 301 g/mol. The third-order valence-corrected chi connectivity index (χ3v) is 4.74. The molecular formula is C18H27N3O. The molecule has 2 atom stereocenters. The van der Waals surface area contributed by atoms with Crippen LogP contribution in [0.5, 0.6) is 0 Å². The Labute approximate surface area is 133 Å². The Bertz CT molecular complexity index is 482. The predicted molar refractivity (Wildman–Crippen MR) is 89.8 cm³/mol. The Balaban J connectivity index is 1.64. The van der Waals surface area contributed by atoms with Crippen LogP contribution in [-0.4, -0.2) is 37.1 Å². The molecule has 2 N–H and O–H groups in total. The van der Waals surface area contributed by atoms with E-state index in [1.165, 1.54) is 24.8 Å². The maximum Gasteiger partial charge on any atom is 0.191 e. The van der Waals surface area contributed by atoms with E-state index in [9.17, 15) is 0 Å². The smallest absolute Gasteiger partial charge is 0.191 e. The molecule has 4 heteroatoms. The number of guanidine groups is 1. The topological polar surface area (TPSA) is 50.9 Å². The summed E-state index contributed by atoms with van der Waals surface area (Å²) in [6.07, 6.45) is 6.22. The number of nitrogens with zero attached hydrogens (tertiary/aromatic N) is 2. The summed E-state index contributed by atoms with van der Waals surface area (Å²) in [5, 5.41) is 0. The van der Waals surface area contributed by atoms with E-state index in [1.54, 1.807) is 0 Å². The molecule has 0 saturated carbocycles. The van der Waals surface area contributed by atoms with Crippen molar-refractivity contribution in [2.24, 2.45) is 16.6 Å². The van der Waals surface area contributed by atoms with Crippen LogP contribution in [0.1, 0.15) is 43.8 Å². The van der Waals surface area contributed by atoms with E-state index in [4.69, 9.17) is 10.5 Å². The number of hydrogen-bond donors (Lipinski definition) is 1.